The van der Waals surface area contributed by atoms with Crippen LogP contribution >= 0.6 is 0 Å². The summed E-state index contributed by atoms with van der Waals surface area (Å²) in [4.78, 5) is 12.4. The topological polar surface area (TPSA) is 26.3 Å². The number of allylic oxidation sites excluding steroid dienone is 1. The number of esters is 1. The third-order valence-electron chi connectivity index (χ3n) is 7.04. The lowest BCUT2D eigenvalue weighted by atomic mass is 9.95. The van der Waals surface area contributed by atoms with Crippen molar-refractivity contribution in [2.75, 3.05) is 6.61 Å². The number of benzene rings is 1. The first-order valence-electron chi connectivity index (χ1n) is 14.6. The Bertz CT molecular complexity index is 607. The Kier molecular flexibility index (Phi) is 19.6. The van der Waals surface area contributed by atoms with Gasteiger partial charge in [0, 0.05) is 0 Å². The number of hydrogen-bond donors (Lipinski definition) is 0. The van der Waals surface area contributed by atoms with Gasteiger partial charge in [-0.15, -0.1) is 0 Å². The molecule has 0 aliphatic carbocycles. The number of unbranched alkanes of at least 4 members (excludes halogenated alkanes) is 15. The Balaban J connectivity index is 1.91. The molecule has 0 fully saturated rings. The molecule has 1 rings (SSSR count). The predicted molar refractivity (Wildman–Crippen MR) is 149 cm³/mol. The Morgan fingerprint density at radius 2 is 1.21 bits per heavy atom. The molecule has 0 saturated heterocycles. The molecular weight excluding hydrogens is 416 g/mol. The summed E-state index contributed by atoms with van der Waals surface area (Å²) in [6.45, 7) is 9.13. The normalized spacial score (nSPS) is 11.9. The van der Waals surface area contributed by atoms with Crippen molar-refractivity contribution in [3.8, 4) is 0 Å². The Morgan fingerprint density at radius 1 is 0.735 bits per heavy atom. The summed E-state index contributed by atoms with van der Waals surface area (Å²) in [6.07, 6.45) is 24.2. The molecule has 2 heteroatoms. The number of carbonyl (C=O) groups excluding carboxylic acids is 1. The Hall–Kier alpha value is -1.57. The SMILES string of the molecule is C=C(CCC(CC)C(=O)OCCCCCCCCCCCCCCCCCC)c1ccccc1. The summed E-state index contributed by atoms with van der Waals surface area (Å²) in [5, 5.41) is 0. The first-order chi connectivity index (χ1) is 16.7. The third-order valence-corrected chi connectivity index (χ3v) is 7.04. The summed E-state index contributed by atoms with van der Waals surface area (Å²) >= 11 is 0. The number of rotatable bonds is 23. The van der Waals surface area contributed by atoms with E-state index in [4.69, 9.17) is 4.74 Å². The number of ether oxygens (including phenoxy) is 1. The van der Waals surface area contributed by atoms with E-state index < -0.39 is 0 Å². The van der Waals surface area contributed by atoms with E-state index >= 15 is 0 Å². The van der Waals surface area contributed by atoms with Crippen molar-refractivity contribution in [3.63, 3.8) is 0 Å². The highest BCUT2D eigenvalue weighted by Crippen LogP contribution is 2.23. The van der Waals surface area contributed by atoms with Gasteiger partial charge in [-0.3, -0.25) is 4.79 Å². The summed E-state index contributed by atoms with van der Waals surface area (Å²) < 4.78 is 5.58. The lowest BCUT2D eigenvalue weighted by Gasteiger charge is -2.15. The first-order valence-corrected chi connectivity index (χ1v) is 14.6. The van der Waals surface area contributed by atoms with E-state index in [9.17, 15) is 4.79 Å². The van der Waals surface area contributed by atoms with Gasteiger partial charge in [0.25, 0.3) is 0 Å². The molecule has 1 aromatic rings. The van der Waals surface area contributed by atoms with Crippen molar-refractivity contribution in [1.82, 2.24) is 0 Å². The van der Waals surface area contributed by atoms with Gasteiger partial charge in [0.2, 0.25) is 0 Å². The molecule has 1 unspecified atom stereocenters. The lowest BCUT2D eigenvalue weighted by molar-refractivity contribution is -0.149. The molecule has 0 aromatic heterocycles. The van der Waals surface area contributed by atoms with Crippen LogP contribution in [0.4, 0.5) is 0 Å². The van der Waals surface area contributed by atoms with Crippen LogP contribution in [0.25, 0.3) is 5.57 Å². The third kappa shape index (κ3) is 16.1. The van der Waals surface area contributed by atoms with Gasteiger partial charge >= 0.3 is 5.97 Å². The zero-order valence-electron chi connectivity index (χ0n) is 22.6. The largest absolute Gasteiger partial charge is 0.465 e. The minimum atomic E-state index is -0.0238. The van der Waals surface area contributed by atoms with Gasteiger partial charge in [-0.2, -0.15) is 0 Å². The van der Waals surface area contributed by atoms with Crippen LogP contribution in [-0.4, -0.2) is 12.6 Å². The van der Waals surface area contributed by atoms with Gasteiger partial charge in [-0.05, 0) is 36.8 Å². The van der Waals surface area contributed by atoms with Crippen molar-refractivity contribution >= 4 is 11.5 Å². The molecule has 194 valence electrons. The van der Waals surface area contributed by atoms with Crippen LogP contribution in [0.1, 0.15) is 141 Å². The van der Waals surface area contributed by atoms with Gasteiger partial charge in [-0.25, -0.2) is 0 Å². The number of carbonyl (C=O) groups is 1. The second kappa shape index (κ2) is 21.9. The summed E-state index contributed by atoms with van der Waals surface area (Å²) in [7, 11) is 0. The van der Waals surface area contributed by atoms with Crippen LogP contribution in [-0.2, 0) is 9.53 Å². The predicted octanol–water partition coefficient (Wildman–Crippen LogP) is 10.3. The van der Waals surface area contributed by atoms with Crippen molar-refractivity contribution < 1.29 is 9.53 Å². The van der Waals surface area contributed by atoms with E-state index in [2.05, 4.69) is 32.6 Å². The van der Waals surface area contributed by atoms with Crippen LogP contribution in [0.3, 0.4) is 0 Å². The van der Waals surface area contributed by atoms with Crippen LogP contribution in [0.15, 0.2) is 36.9 Å². The van der Waals surface area contributed by atoms with Crippen LogP contribution in [0.2, 0.25) is 0 Å². The fourth-order valence-electron chi connectivity index (χ4n) is 4.60. The molecule has 0 amide bonds. The summed E-state index contributed by atoms with van der Waals surface area (Å²) in [5.41, 5.74) is 2.27. The standard InChI is InChI=1S/C32H54O2/c1-4-6-7-8-9-10-11-12-13-14-15-16-17-18-19-23-28-34-32(33)30(5-2)27-26-29(3)31-24-21-20-22-25-31/h20-22,24-25,30H,3-19,23,26-28H2,1-2H3. The van der Waals surface area contributed by atoms with Gasteiger partial charge < -0.3 is 4.74 Å². The first kappa shape index (κ1) is 30.5. The van der Waals surface area contributed by atoms with Crippen molar-refractivity contribution in [2.24, 2.45) is 5.92 Å². The van der Waals surface area contributed by atoms with Crippen LogP contribution in [0.5, 0.6) is 0 Å². The van der Waals surface area contributed by atoms with Gasteiger partial charge in [0.1, 0.15) is 0 Å². The quantitative estimate of drug-likeness (QED) is 0.117. The monoisotopic (exact) mass is 470 g/mol. The van der Waals surface area contributed by atoms with Crippen LogP contribution in [0, 0.1) is 5.92 Å². The second-order valence-electron chi connectivity index (χ2n) is 10.1. The lowest BCUT2D eigenvalue weighted by Crippen LogP contribution is -2.18. The van der Waals surface area contributed by atoms with Crippen molar-refractivity contribution in [3.05, 3.63) is 42.5 Å². The summed E-state index contributed by atoms with van der Waals surface area (Å²) in [6, 6.07) is 10.2. The fraction of sp³-hybridized carbons (Fsp3) is 0.719. The molecule has 0 spiro atoms. The molecular formula is C32H54O2. The Morgan fingerprint density at radius 3 is 1.68 bits per heavy atom. The molecule has 1 aromatic carbocycles. The molecule has 2 nitrogen and oxygen atoms in total. The highest BCUT2D eigenvalue weighted by Gasteiger charge is 2.18. The molecule has 0 bridgehead atoms. The molecule has 34 heavy (non-hydrogen) atoms. The van der Waals surface area contributed by atoms with Gasteiger partial charge in [0.15, 0.2) is 0 Å². The maximum atomic E-state index is 12.4. The molecule has 0 saturated carbocycles. The molecule has 0 heterocycles. The fourth-order valence-corrected chi connectivity index (χ4v) is 4.60. The van der Waals surface area contributed by atoms with Crippen molar-refractivity contribution in [1.29, 1.82) is 0 Å². The van der Waals surface area contributed by atoms with E-state index in [-0.39, 0.29) is 11.9 Å². The average Bonchev–Trinajstić information content (AvgIpc) is 2.86. The van der Waals surface area contributed by atoms with E-state index in [1.807, 2.05) is 18.2 Å². The maximum Gasteiger partial charge on any atom is 0.308 e. The van der Waals surface area contributed by atoms with Crippen LogP contribution < -0.4 is 0 Å². The van der Waals surface area contributed by atoms with E-state index in [0.29, 0.717) is 6.61 Å². The second-order valence-corrected chi connectivity index (χ2v) is 10.1. The number of hydrogen-bond acceptors (Lipinski definition) is 2. The minimum Gasteiger partial charge on any atom is -0.465 e. The molecule has 0 aliphatic heterocycles. The highest BCUT2D eigenvalue weighted by molar-refractivity contribution is 5.73. The summed E-state index contributed by atoms with van der Waals surface area (Å²) in [5.74, 6) is -0.0363. The smallest absolute Gasteiger partial charge is 0.308 e. The zero-order valence-corrected chi connectivity index (χ0v) is 22.6. The highest BCUT2D eigenvalue weighted by atomic mass is 16.5. The maximum absolute atomic E-state index is 12.4. The van der Waals surface area contributed by atoms with Gasteiger partial charge in [0.05, 0.1) is 12.5 Å². The molecule has 0 radical (unpaired) electrons. The van der Waals surface area contributed by atoms with E-state index in [0.717, 1.165) is 31.3 Å². The van der Waals surface area contributed by atoms with E-state index in [1.54, 1.807) is 0 Å². The molecule has 0 aliphatic rings. The van der Waals surface area contributed by atoms with Gasteiger partial charge in [-0.1, -0.05) is 147 Å². The zero-order chi connectivity index (χ0) is 24.7. The minimum absolute atomic E-state index is 0.0125. The van der Waals surface area contributed by atoms with Crippen molar-refractivity contribution in [2.45, 2.75) is 136 Å². The molecule has 1 atom stereocenters. The van der Waals surface area contributed by atoms with E-state index in [1.165, 1.54) is 102 Å². The molecule has 0 N–H and O–H groups in total. The average molecular weight is 471 g/mol. The Labute approximate surface area is 212 Å².